The molecule has 0 radical (unpaired) electrons. The van der Waals surface area contributed by atoms with E-state index in [0.29, 0.717) is 0 Å². The van der Waals surface area contributed by atoms with Gasteiger partial charge < -0.3 is 9.64 Å². The van der Waals surface area contributed by atoms with Gasteiger partial charge in [-0.3, -0.25) is 0 Å². The number of nitrogens with zero attached hydrogens (tertiary/aromatic N) is 4. The topological polar surface area (TPSA) is 42.7 Å². The van der Waals surface area contributed by atoms with Crippen LogP contribution in [0.1, 0.15) is 0 Å². The largest absolute Gasteiger partial charge is 0.378 e. The summed E-state index contributed by atoms with van der Waals surface area (Å²) in [5.41, 5.74) is 0.901. The van der Waals surface area contributed by atoms with Crippen LogP contribution in [0.2, 0.25) is 0 Å². The van der Waals surface area contributed by atoms with Gasteiger partial charge in [0, 0.05) is 25.4 Å². The maximum Gasteiger partial charge on any atom is 0.158 e. The first-order valence-corrected chi connectivity index (χ1v) is 6.82. The standard InChI is InChI=1S/C11H14N4OS/c1-17-10-8-9-12-3-2-11(15(9)13-10)14-4-6-16-7-5-14/h2-3,8H,4-7H2,1H3. The fourth-order valence-corrected chi connectivity index (χ4v) is 2.38. The Morgan fingerprint density at radius 3 is 2.94 bits per heavy atom. The van der Waals surface area contributed by atoms with Gasteiger partial charge in [-0.2, -0.15) is 9.61 Å². The average Bonchev–Trinajstić information content (AvgIpc) is 2.82. The molecule has 2 aromatic rings. The maximum atomic E-state index is 5.37. The highest BCUT2D eigenvalue weighted by Gasteiger charge is 2.15. The molecule has 0 N–H and O–H groups in total. The fraction of sp³-hybridized carbons (Fsp3) is 0.455. The summed E-state index contributed by atoms with van der Waals surface area (Å²) in [5, 5.41) is 5.54. The molecule has 5 nitrogen and oxygen atoms in total. The number of aromatic nitrogens is 3. The predicted molar refractivity (Wildman–Crippen MR) is 67.8 cm³/mol. The van der Waals surface area contributed by atoms with Crippen molar-refractivity contribution < 1.29 is 4.74 Å². The molecule has 0 aliphatic carbocycles. The molecule has 6 heteroatoms. The van der Waals surface area contributed by atoms with Crippen LogP contribution < -0.4 is 4.90 Å². The van der Waals surface area contributed by atoms with Crippen molar-refractivity contribution in [1.29, 1.82) is 0 Å². The molecule has 0 aromatic carbocycles. The third-order valence-corrected chi connectivity index (χ3v) is 3.48. The molecule has 0 saturated carbocycles. The van der Waals surface area contributed by atoms with Gasteiger partial charge in [0.1, 0.15) is 10.8 Å². The van der Waals surface area contributed by atoms with Crippen molar-refractivity contribution >= 4 is 23.2 Å². The Morgan fingerprint density at radius 1 is 1.35 bits per heavy atom. The minimum Gasteiger partial charge on any atom is -0.378 e. The molecule has 1 fully saturated rings. The second-order valence-electron chi connectivity index (χ2n) is 3.86. The molecule has 0 bridgehead atoms. The van der Waals surface area contributed by atoms with Crippen LogP contribution in [-0.2, 0) is 4.74 Å². The molecule has 3 heterocycles. The van der Waals surface area contributed by atoms with Crippen molar-refractivity contribution in [1.82, 2.24) is 14.6 Å². The highest BCUT2D eigenvalue weighted by atomic mass is 32.2. The Morgan fingerprint density at radius 2 is 2.18 bits per heavy atom. The molecule has 0 spiro atoms. The van der Waals surface area contributed by atoms with Gasteiger partial charge in [-0.05, 0) is 12.3 Å². The van der Waals surface area contributed by atoms with E-state index >= 15 is 0 Å². The molecule has 1 aliphatic rings. The number of anilines is 1. The van der Waals surface area contributed by atoms with Crippen LogP contribution >= 0.6 is 11.8 Å². The number of ether oxygens (including phenoxy) is 1. The van der Waals surface area contributed by atoms with Gasteiger partial charge in [-0.15, -0.1) is 11.8 Å². The van der Waals surface area contributed by atoms with E-state index < -0.39 is 0 Å². The van der Waals surface area contributed by atoms with Crippen molar-refractivity contribution in [2.24, 2.45) is 0 Å². The quantitative estimate of drug-likeness (QED) is 0.751. The summed E-state index contributed by atoms with van der Waals surface area (Å²) >= 11 is 1.63. The van der Waals surface area contributed by atoms with Crippen LogP contribution in [0.15, 0.2) is 23.4 Å². The minimum atomic E-state index is 0.778. The summed E-state index contributed by atoms with van der Waals surface area (Å²) in [6.45, 7) is 3.38. The zero-order chi connectivity index (χ0) is 11.7. The molecule has 0 amide bonds. The zero-order valence-electron chi connectivity index (χ0n) is 9.67. The van der Waals surface area contributed by atoms with E-state index in [4.69, 9.17) is 4.74 Å². The van der Waals surface area contributed by atoms with Crippen molar-refractivity contribution in [3.8, 4) is 0 Å². The number of fused-ring (bicyclic) bond motifs is 1. The summed E-state index contributed by atoms with van der Waals surface area (Å²) in [4.78, 5) is 6.62. The van der Waals surface area contributed by atoms with E-state index in [1.54, 1.807) is 11.8 Å². The van der Waals surface area contributed by atoms with Crippen molar-refractivity contribution in [2.45, 2.75) is 5.03 Å². The monoisotopic (exact) mass is 250 g/mol. The SMILES string of the molecule is CSc1cc2nccc(N3CCOCC3)n2n1. The molecule has 90 valence electrons. The Balaban J connectivity index is 2.05. The second kappa shape index (κ2) is 4.54. The van der Waals surface area contributed by atoms with E-state index in [1.807, 2.05) is 29.1 Å². The van der Waals surface area contributed by atoms with Gasteiger partial charge in [-0.1, -0.05) is 0 Å². The number of hydrogen-bond donors (Lipinski definition) is 0. The summed E-state index contributed by atoms with van der Waals surface area (Å²) in [5.74, 6) is 1.10. The number of hydrogen-bond acceptors (Lipinski definition) is 5. The van der Waals surface area contributed by atoms with Crippen LogP contribution in [0.4, 0.5) is 5.82 Å². The van der Waals surface area contributed by atoms with Crippen molar-refractivity contribution in [3.05, 3.63) is 18.3 Å². The van der Waals surface area contributed by atoms with Gasteiger partial charge in [0.05, 0.1) is 13.2 Å². The van der Waals surface area contributed by atoms with Crippen molar-refractivity contribution in [3.63, 3.8) is 0 Å². The molecule has 1 saturated heterocycles. The van der Waals surface area contributed by atoms with Gasteiger partial charge >= 0.3 is 0 Å². The van der Waals surface area contributed by atoms with E-state index in [2.05, 4.69) is 15.0 Å². The van der Waals surface area contributed by atoms with E-state index in [1.165, 1.54) is 0 Å². The van der Waals surface area contributed by atoms with E-state index in [0.717, 1.165) is 42.8 Å². The van der Waals surface area contributed by atoms with Crippen LogP contribution in [0.3, 0.4) is 0 Å². The molecule has 0 atom stereocenters. The lowest BCUT2D eigenvalue weighted by Gasteiger charge is -2.28. The third kappa shape index (κ3) is 1.98. The van der Waals surface area contributed by atoms with Crippen LogP contribution in [-0.4, -0.2) is 47.2 Å². The first-order chi connectivity index (χ1) is 8.38. The first-order valence-electron chi connectivity index (χ1n) is 5.60. The lowest BCUT2D eigenvalue weighted by Crippen LogP contribution is -2.37. The van der Waals surface area contributed by atoms with Crippen LogP contribution in [0.5, 0.6) is 0 Å². The summed E-state index contributed by atoms with van der Waals surface area (Å²) in [6, 6.07) is 4.02. The van der Waals surface area contributed by atoms with Crippen LogP contribution in [0, 0.1) is 0 Å². The van der Waals surface area contributed by atoms with Gasteiger partial charge in [0.25, 0.3) is 0 Å². The first kappa shape index (κ1) is 10.9. The molecule has 0 unspecified atom stereocenters. The van der Waals surface area contributed by atoms with E-state index in [9.17, 15) is 0 Å². The average molecular weight is 250 g/mol. The van der Waals surface area contributed by atoms with E-state index in [-0.39, 0.29) is 0 Å². The third-order valence-electron chi connectivity index (χ3n) is 2.86. The molecular formula is C11H14N4OS. The highest BCUT2D eigenvalue weighted by molar-refractivity contribution is 7.98. The summed E-state index contributed by atoms with van der Waals surface area (Å²) in [7, 11) is 0. The summed E-state index contributed by atoms with van der Waals surface area (Å²) < 4.78 is 7.28. The Kier molecular flexibility index (Phi) is 2.90. The maximum absolute atomic E-state index is 5.37. The highest BCUT2D eigenvalue weighted by Crippen LogP contribution is 2.20. The van der Waals surface area contributed by atoms with Gasteiger partial charge in [0.15, 0.2) is 5.65 Å². The lowest BCUT2D eigenvalue weighted by molar-refractivity contribution is 0.122. The summed E-state index contributed by atoms with van der Waals surface area (Å²) in [6.07, 6.45) is 3.86. The number of thioether (sulfide) groups is 1. The second-order valence-corrected chi connectivity index (χ2v) is 4.69. The molecular weight excluding hydrogens is 236 g/mol. The molecule has 2 aromatic heterocycles. The zero-order valence-corrected chi connectivity index (χ0v) is 10.5. The minimum absolute atomic E-state index is 0.778. The lowest BCUT2D eigenvalue weighted by atomic mass is 10.4. The number of rotatable bonds is 2. The predicted octanol–water partition coefficient (Wildman–Crippen LogP) is 1.29. The molecule has 17 heavy (non-hydrogen) atoms. The Labute approximate surface area is 104 Å². The Bertz CT molecular complexity index is 521. The van der Waals surface area contributed by atoms with Crippen molar-refractivity contribution in [2.75, 3.05) is 37.5 Å². The van der Waals surface area contributed by atoms with Gasteiger partial charge in [0.2, 0.25) is 0 Å². The smallest absolute Gasteiger partial charge is 0.158 e. The molecule has 1 aliphatic heterocycles. The van der Waals surface area contributed by atoms with Gasteiger partial charge in [-0.25, -0.2) is 4.98 Å². The number of morpholine rings is 1. The fourth-order valence-electron chi connectivity index (χ4n) is 1.99. The molecule has 3 rings (SSSR count). The normalized spacial score (nSPS) is 16.6. The van der Waals surface area contributed by atoms with Crippen LogP contribution in [0.25, 0.3) is 5.65 Å². The Hall–Kier alpha value is -1.27.